The highest BCUT2D eigenvalue weighted by Gasteiger charge is 2.30. The van der Waals surface area contributed by atoms with E-state index < -0.39 is 97.5 Å². The molecule has 0 radical (unpaired) electrons. The van der Waals surface area contributed by atoms with E-state index in [2.05, 4.69) is 41.5 Å². The maximum absolute atomic E-state index is 13.0. The average Bonchev–Trinajstić information content (AvgIpc) is 3.68. The van der Waals surface area contributed by atoms with E-state index in [0.29, 0.717) is 25.7 Å². The zero-order valence-electron chi connectivity index (χ0n) is 58.4. The van der Waals surface area contributed by atoms with E-state index in [1.54, 1.807) is 0 Å². The molecule has 19 heteroatoms. The molecular formula is C71H138O17P2. The van der Waals surface area contributed by atoms with Crippen LogP contribution in [0.4, 0.5) is 0 Å². The Morgan fingerprint density at radius 1 is 0.300 bits per heavy atom. The fourth-order valence-electron chi connectivity index (χ4n) is 10.8. The molecule has 0 rings (SSSR count). The van der Waals surface area contributed by atoms with Crippen molar-refractivity contribution in [3.63, 3.8) is 0 Å². The lowest BCUT2D eigenvalue weighted by Gasteiger charge is -2.21. The number of ether oxygens (including phenoxy) is 4. The predicted octanol–water partition coefficient (Wildman–Crippen LogP) is 20.4. The number of carbonyl (C=O) groups is 4. The maximum Gasteiger partial charge on any atom is 0.472 e. The Morgan fingerprint density at radius 3 is 0.756 bits per heavy atom. The summed E-state index contributed by atoms with van der Waals surface area (Å²) >= 11 is 0. The molecule has 0 bridgehead atoms. The minimum Gasteiger partial charge on any atom is -0.462 e. The van der Waals surface area contributed by atoms with Gasteiger partial charge in [-0.3, -0.25) is 37.3 Å². The van der Waals surface area contributed by atoms with E-state index in [-0.39, 0.29) is 25.7 Å². The van der Waals surface area contributed by atoms with Gasteiger partial charge in [0.25, 0.3) is 0 Å². The van der Waals surface area contributed by atoms with Crippen LogP contribution >= 0.6 is 15.6 Å². The Balaban J connectivity index is 5.17. The van der Waals surface area contributed by atoms with Gasteiger partial charge in [0, 0.05) is 25.7 Å². The molecule has 534 valence electrons. The van der Waals surface area contributed by atoms with Crippen LogP contribution in [0.3, 0.4) is 0 Å². The zero-order chi connectivity index (χ0) is 66.5. The quantitative estimate of drug-likeness (QED) is 0.0222. The summed E-state index contributed by atoms with van der Waals surface area (Å²) in [5, 5.41) is 10.6. The third-order valence-electron chi connectivity index (χ3n) is 16.5. The van der Waals surface area contributed by atoms with Crippen LogP contribution in [0.1, 0.15) is 363 Å². The molecule has 0 spiro atoms. The summed E-state index contributed by atoms with van der Waals surface area (Å²) in [7, 11) is -9.89. The maximum atomic E-state index is 13.0. The number of phosphoric acid groups is 2. The van der Waals surface area contributed by atoms with E-state index in [0.717, 1.165) is 115 Å². The lowest BCUT2D eigenvalue weighted by Crippen LogP contribution is -2.30. The van der Waals surface area contributed by atoms with Gasteiger partial charge in [-0.15, -0.1) is 0 Å². The molecule has 0 saturated heterocycles. The summed E-state index contributed by atoms with van der Waals surface area (Å²) in [6.45, 7) is 9.54. The van der Waals surface area contributed by atoms with Crippen LogP contribution in [0.25, 0.3) is 0 Å². The summed E-state index contributed by atoms with van der Waals surface area (Å²) in [6, 6.07) is 0. The summed E-state index contributed by atoms with van der Waals surface area (Å²) < 4.78 is 68.2. The molecule has 2 unspecified atom stereocenters. The molecule has 5 atom stereocenters. The number of unbranched alkanes of at least 4 members (excludes halogenated alkanes) is 40. The fraction of sp³-hybridized carbons (Fsp3) is 0.944. The van der Waals surface area contributed by atoms with Crippen molar-refractivity contribution >= 4 is 39.5 Å². The second kappa shape index (κ2) is 63.1. The largest absolute Gasteiger partial charge is 0.472 e. The molecule has 0 aliphatic carbocycles. The number of esters is 4. The highest BCUT2D eigenvalue weighted by atomic mass is 31.2. The standard InChI is InChI=1S/C71H138O17P2/c1-7-9-11-13-15-28-37-43-49-55-70(75)87-66(59-81-68(73)53-47-41-33-14-12-10-8-2)61-85-89(77,78)83-57-65(72)58-84-90(79,80)86-62-67(60-82-69(74)54-48-42-36-31-26-23-22-25-30-35-40-46-52-64(5)6)88-71(76)56-50-44-38-32-27-21-19-17-16-18-20-24-29-34-39-45-51-63(3)4/h63-67,72H,7-62H2,1-6H3,(H,77,78)(H,79,80)/t65-,66+,67+/m0/s1. The van der Waals surface area contributed by atoms with Crippen molar-refractivity contribution < 1.29 is 80.2 Å². The Kier molecular flexibility index (Phi) is 61.8. The van der Waals surface area contributed by atoms with Gasteiger partial charge in [0.2, 0.25) is 0 Å². The van der Waals surface area contributed by atoms with Gasteiger partial charge in [0.05, 0.1) is 26.4 Å². The van der Waals surface area contributed by atoms with Crippen molar-refractivity contribution in [1.82, 2.24) is 0 Å². The van der Waals surface area contributed by atoms with Crippen molar-refractivity contribution in [2.75, 3.05) is 39.6 Å². The normalized spacial score (nSPS) is 14.1. The van der Waals surface area contributed by atoms with Gasteiger partial charge in [-0.2, -0.15) is 0 Å². The number of phosphoric ester groups is 2. The number of carbonyl (C=O) groups excluding carboxylic acids is 4. The zero-order valence-corrected chi connectivity index (χ0v) is 60.2. The summed E-state index contributed by atoms with van der Waals surface area (Å²) in [5.74, 6) is -0.537. The van der Waals surface area contributed by atoms with Crippen LogP contribution in [0.5, 0.6) is 0 Å². The van der Waals surface area contributed by atoms with Gasteiger partial charge in [-0.1, -0.05) is 311 Å². The molecule has 17 nitrogen and oxygen atoms in total. The van der Waals surface area contributed by atoms with Crippen molar-refractivity contribution in [3.8, 4) is 0 Å². The third kappa shape index (κ3) is 64.8. The number of rotatable bonds is 70. The summed E-state index contributed by atoms with van der Waals surface area (Å²) in [4.78, 5) is 72.4. The van der Waals surface area contributed by atoms with Crippen molar-refractivity contribution in [1.29, 1.82) is 0 Å². The molecule has 90 heavy (non-hydrogen) atoms. The minimum absolute atomic E-state index is 0.105. The molecule has 0 saturated carbocycles. The minimum atomic E-state index is -4.95. The van der Waals surface area contributed by atoms with Crippen molar-refractivity contribution in [3.05, 3.63) is 0 Å². The van der Waals surface area contributed by atoms with E-state index >= 15 is 0 Å². The van der Waals surface area contributed by atoms with Crippen LogP contribution in [0.15, 0.2) is 0 Å². The molecule has 3 N–H and O–H groups in total. The number of hydrogen-bond donors (Lipinski definition) is 3. The average molecular weight is 1330 g/mol. The first-order valence-corrected chi connectivity index (χ1v) is 40.0. The number of hydrogen-bond acceptors (Lipinski definition) is 15. The highest BCUT2D eigenvalue weighted by molar-refractivity contribution is 7.47. The van der Waals surface area contributed by atoms with Crippen molar-refractivity contribution in [2.45, 2.75) is 381 Å². The molecular weight excluding hydrogens is 1190 g/mol. The van der Waals surface area contributed by atoms with Gasteiger partial charge >= 0.3 is 39.5 Å². The molecule has 0 fully saturated rings. The third-order valence-corrected chi connectivity index (χ3v) is 18.4. The summed E-state index contributed by atoms with van der Waals surface area (Å²) in [5.41, 5.74) is 0. The van der Waals surface area contributed by atoms with Gasteiger partial charge < -0.3 is 33.8 Å². The van der Waals surface area contributed by atoms with Crippen LogP contribution in [-0.2, 0) is 65.4 Å². The number of aliphatic hydroxyl groups is 1. The molecule has 0 aliphatic rings. The van der Waals surface area contributed by atoms with Gasteiger partial charge in [-0.05, 0) is 37.5 Å². The molecule has 0 heterocycles. The fourth-order valence-corrected chi connectivity index (χ4v) is 12.3. The van der Waals surface area contributed by atoms with E-state index in [9.17, 15) is 43.2 Å². The molecule has 0 aromatic heterocycles. The second-order valence-electron chi connectivity index (χ2n) is 26.6. The Morgan fingerprint density at radius 2 is 0.511 bits per heavy atom. The monoisotopic (exact) mass is 1320 g/mol. The highest BCUT2D eigenvalue weighted by Crippen LogP contribution is 2.45. The Bertz CT molecular complexity index is 1750. The van der Waals surface area contributed by atoms with Gasteiger partial charge in [0.15, 0.2) is 12.2 Å². The van der Waals surface area contributed by atoms with Crippen LogP contribution < -0.4 is 0 Å². The predicted molar refractivity (Wildman–Crippen MR) is 363 cm³/mol. The topological polar surface area (TPSA) is 237 Å². The van der Waals surface area contributed by atoms with E-state index in [1.807, 2.05) is 0 Å². The molecule has 0 amide bonds. The smallest absolute Gasteiger partial charge is 0.462 e. The first-order chi connectivity index (χ1) is 43.4. The first kappa shape index (κ1) is 88.1. The van der Waals surface area contributed by atoms with E-state index in [4.69, 9.17) is 37.0 Å². The van der Waals surface area contributed by atoms with E-state index in [1.165, 1.54) is 167 Å². The van der Waals surface area contributed by atoms with Crippen LogP contribution in [-0.4, -0.2) is 96.7 Å². The SMILES string of the molecule is CCCCCCCCCCCC(=O)O[C@H](COC(=O)CCCCCCCCC)COP(=O)(O)OC[C@H](O)COP(=O)(O)OC[C@@H](COC(=O)CCCCCCCCCCCCCCC(C)C)OC(=O)CCCCCCCCCCCCCCCCCCC(C)C. The lowest BCUT2D eigenvalue weighted by atomic mass is 10.0. The van der Waals surface area contributed by atoms with Gasteiger partial charge in [-0.25, -0.2) is 9.13 Å². The second-order valence-corrected chi connectivity index (χ2v) is 29.5. The van der Waals surface area contributed by atoms with Crippen LogP contribution in [0.2, 0.25) is 0 Å². The number of aliphatic hydroxyl groups excluding tert-OH is 1. The Hall–Kier alpha value is -1.94. The molecule has 0 aromatic carbocycles. The molecule has 0 aliphatic heterocycles. The first-order valence-electron chi connectivity index (χ1n) is 37.0. The van der Waals surface area contributed by atoms with Crippen molar-refractivity contribution in [2.24, 2.45) is 11.8 Å². The van der Waals surface area contributed by atoms with Gasteiger partial charge in [0.1, 0.15) is 19.3 Å². The Labute approximate surface area is 549 Å². The molecule has 0 aromatic rings. The lowest BCUT2D eigenvalue weighted by molar-refractivity contribution is -0.161. The van der Waals surface area contributed by atoms with Crippen LogP contribution in [0, 0.1) is 11.8 Å². The summed E-state index contributed by atoms with van der Waals surface area (Å²) in [6.07, 6.45) is 48.7.